The molecule has 4 heteroatoms. The van der Waals surface area contributed by atoms with Crippen LogP contribution in [0.4, 0.5) is 0 Å². The van der Waals surface area contributed by atoms with E-state index in [2.05, 4.69) is 40.3 Å². The number of amides is 1. The lowest BCUT2D eigenvalue weighted by molar-refractivity contribution is -0.121. The number of carbonyl (C=O) groups excluding carboxylic acids is 1. The van der Waals surface area contributed by atoms with Crippen molar-refractivity contribution >= 4 is 33.2 Å². The monoisotopic (exact) mass is 317 g/mol. The Kier molecular flexibility index (Phi) is 5.67. The highest BCUT2D eigenvalue weighted by Crippen LogP contribution is 2.17. The molecule has 1 aromatic heterocycles. The summed E-state index contributed by atoms with van der Waals surface area (Å²) in [6, 6.07) is 4.44. The predicted molar refractivity (Wildman–Crippen MR) is 77.9 cm³/mol. The van der Waals surface area contributed by atoms with Gasteiger partial charge in [0.15, 0.2) is 0 Å². The maximum absolute atomic E-state index is 11.8. The van der Waals surface area contributed by atoms with E-state index in [0.29, 0.717) is 5.92 Å². The van der Waals surface area contributed by atoms with Gasteiger partial charge in [-0.2, -0.15) is 0 Å². The molecule has 0 aliphatic heterocycles. The highest BCUT2D eigenvalue weighted by Gasteiger charge is 2.20. The molecular formula is C13H20BrNOS. The summed E-state index contributed by atoms with van der Waals surface area (Å²) in [7, 11) is 0. The molecule has 0 fully saturated rings. The number of nitrogens with one attached hydrogen (secondary N) is 1. The summed E-state index contributed by atoms with van der Waals surface area (Å²) >= 11 is 5.21. The molecule has 17 heavy (non-hydrogen) atoms. The fourth-order valence-corrected chi connectivity index (χ4v) is 2.72. The fraction of sp³-hybridized carbons (Fsp3) is 0.615. The number of hydrogen-bond acceptors (Lipinski definition) is 2. The molecule has 0 aromatic carbocycles. The SMILES string of the molecule is Cc1ccc(CC(C)NC(=O)C(Br)C(C)C)s1. The van der Waals surface area contributed by atoms with Crippen LogP contribution in [0.25, 0.3) is 0 Å². The van der Waals surface area contributed by atoms with Gasteiger partial charge in [-0.15, -0.1) is 11.3 Å². The van der Waals surface area contributed by atoms with Crippen molar-refractivity contribution in [1.82, 2.24) is 5.32 Å². The average molecular weight is 318 g/mol. The number of carbonyl (C=O) groups is 1. The zero-order valence-electron chi connectivity index (χ0n) is 10.8. The van der Waals surface area contributed by atoms with E-state index in [1.165, 1.54) is 9.75 Å². The molecule has 2 unspecified atom stereocenters. The van der Waals surface area contributed by atoms with Crippen LogP contribution in [0, 0.1) is 12.8 Å². The normalized spacial score (nSPS) is 14.7. The van der Waals surface area contributed by atoms with Crippen LogP contribution in [0.15, 0.2) is 12.1 Å². The first-order valence-corrected chi connectivity index (χ1v) is 7.63. The van der Waals surface area contributed by atoms with E-state index < -0.39 is 0 Å². The second kappa shape index (κ2) is 6.55. The lowest BCUT2D eigenvalue weighted by atomic mass is 10.1. The summed E-state index contributed by atoms with van der Waals surface area (Å²) in [4.78, 5) is 14.4. The number of halogens is 1. The van der Waals surface area contributed by atoms with E-state index in [1.807, 2.05) is 20.8 Å². The van der Waals surface area contributed by atoms with Crippen molar-refractivity contribution in [2.24, 2.45) is 5.92 Å². The van der Waals surface area contributed by atoms with Crippen molar-refractivity contribution in [2.45, 2.75) is 45.0 Å². The molecule has 1 aromatic rings. The molecule has 1 N–H and O–H groups in total. The molecule has 0 saturated carbocycles. The van der Waals surface area contributed by atoms with Gasteiger partial charge in [0.25, 0.3) is 0 Å². The Hall–Kier alpha value is -0.350. The fourth-order valence-electron chi connectivity index (χ4n) is 1.57. The molecule has 1 heterocycles. The molecule has 0 saturated heterocycles. The zero-order valence-corrected chi connectivity index (χ0v) is 13.2. The van der Waals surface area contributed by atoms with E-state index in [9.17, 15) is 4.79 Å². The van der Waals surface area contributed by atoms with Gasteiger partial charge in [-0.3, -0.25) is 4.79 Å². The molecule has 1 rings (SSSR count). The van der Waals surface area contributed by atoms with Crippen molar-refractivity contribution in [2.75, 3.05) is 0 Å². The molecule has 0 spiro atoms. The molecule has 0 aliphatic rings. The van der Waals surface area contributed by atoms with Crippen LogP contribution in [0.5, 0.6) is 0 Å². The highest BCUT2D eigenvalue weighted by molar-refractivity contribution is 9.10. The van der Waals surface area contributed by atoms with Crippen LogP contribution in [0.2, 0.25) is 0 Å². The van der Waals surface area contributed by atoms with E-state index in [4.69, 9.17) is 0 Å². The van der Waals surface area contributed by atoms with Crippen LogP contribution in [0.1, 0.15) is 30.5 Å². The largest absolute Gasteiger partial charge is 0.352 e. The molecule has 96 valence electrons. The smallest absolute Gasteiger partial charge is 0.234 e. The Bertz CT molecular complexity index is 375. The number of alkyl halides is 1. The summed E-state index contributed by atoms with van der Waals surface area (Å²) in [6.45, 7) is 8.22. The first-order valence-electron chi connectivity index (χ1n) is 5.90. The van der Waals surface area contributed by atoms with Gasteiger partial charge < -0.3 is 5.32 Å². The van der Waals surface area contributed by atoms with Crippen molar-refractivity contribution in [3.05, 3.63) is 21.9 Å². The zero-order chi connectivity index (χ0) is 13.0. The van der Waals surface area contributed by atoms with Crippen LogP contribution >= 0.6 is 27.3 Å². The standard InChI is InChI=1S/C13H20BrNOS/c1-8(2)12(14)13(16)15-9(3)7-11-6-5-10(4)17-11/h5-6,8-9,12H,7H2,1-4H3,(H,15,16). The third-order valence-corrected chi connectivity index (χ3v) is 5.02. The van der Waals surface area contributed by atoms with Crippen molar-refractivity contribution in [3.8, 4) is 0 Å². The van der Waals surface area contributed by atoms with E-state index in [0.717, 1.165) is 6.42 Å². The van der Waals surface area contributed by atoms with Gasteiger partial charge in [0.2, 0.25) is 5.91 Å². The van der Waals surface area contributed by atoms with E-state index in [1.54, 1.807) is 11.3 Å². The first-order chi connectivity index (χ1) is 7.90. The Balaban J connectivity index is 2.44. The third kappa shape index (κ3) is 4.80. The van der Waals surface area contributed by atoms with Gasteiger partial charge in [0.05, 0.1) is 4.83 Å². The van der Waals surface area contributed by atoms with E-state index in [-0.39, 0.29) is 16.8 Å². The number of rotatable bonds is 5. The van der Waals surface area contributed by atoms with E-state index >= 15 is 0 Å². The summed E-state index contributed by atoms with van der Waals surface area (Å²) in [6.07, 6.45) is 0.905. The van der Waals surface area contributed by atoms with Gasteiger partial charge in [0, 0.05) is 22.2 Å². The second-order valence-corrected chi connectivity index (χ2v) is 7.13. The lowest BCUT2D eigenvalue weighted by Crippen LogP contribution is -2.40. The van der Waals surface area contributed by atoms with Crippen LogP contribution in [-0.2, 0) is 11.2 Å². The second-order valence-electron chi connectivity index (χ2n) is 4.77. The Morgan fingerprint density at radius 3 is 2.53 bits per heavy atom. The Morgan fingerprint density at radius 2 is 2.06 bits per heavy atom. The summed E-state index contributed by atoms with van der Waals surface area (Å²) in [5, 5.41) is 3.04. The van der Waals surface area contributed by atoms with Gasteiger partial charge >= 0.3 is 0 Å². The maximum atomic E-state index is 11.8. The first kappa shape index (κ1) is 14.7. The Morgan fingerprint density at radius 1 is 1.41 bits per heavy atom. The summed E-state index contributed by atoms with van der Waals surface area (Å²) in [5.74, 6) is 0.395. The molecule has 2 atom stereocenters. The molecule has 1 amide bonds. The molecule has 0 radical (unpaired) electrons. The van der Waals surface area contributed by atoms with Gasteiger partial charge in [-0.25, -0.2) is 0 Å². The topological polar surface area (TPSA) is 29.1 Å². The summed E-state index contributed by atoms with van der Waals surface area (Å²) in [5.41, 5.74) is 0. The predicted octanol–water partition coefficient (Wildman–Crippen LogP) is 3.52. The molecule has 2 nitrogen and oxygen atoms in total. The van der Waals surface area contributed by atoms with Crippen molar-refractivity contribution in [1.29, 1.82) is 0 Å². The minimum atomic E-state index is -0.102. The number of thiophene rings is 1. The van der Waals surface area contributed by atoms with Gasteiger partial charge in [0.1, 0.15) is 0 Å². The Labute approximate surface area is 116 Å². The minimum Gasteiger partial charge on any atom is -0.352 e. The maximum Gasteiger partial charge on any atom is 0.234 e. The average Bonchev–Trinajstić information content (AvgIpc) is 2.62. The van der Waals surface area contributed by atoms with Crippen molar-refractivity contribution < 1.29 is 4.79 Å². The summed E-state index contributed by atoms with van der Waals surface area (Å²) < 4.78 is 0. The lowest BCUT2D eigenvalue weighted by Gasteiger charge is -2.18. The highest BCUT2D eigenvalue weighted by atomic mass is 79.9. The minimum absolute atomic E-state index is 0.0841. The molecule has 0 bridgehead atoms. The molecular weight excluding hydrogens is 298 g/mol. The molecule has 0 aliphatic carbocycles. The van der Waals surface area contributed by atoms with Crippen molar-refractivity contribution in [3.63, 3.8) is 0 Å². The third-order valence-electron chi connectivity index (χ3n) is 2.53. The quantitative estimate of drug-likeness (QED) is 0.827. The number of aryl methyl sites for hydroxylation is 1. The van der Waals surface area contributed by atoms with Crippen LogP contribution in [-0.4, -0.2) is 16.8 Å². The number of hydrogen-bond donors (Lipinski definition) is 1. The van der Waals surface area contributed by atoms with Gasteiger partial charge in [-0.1, -0.05) is 29.8 Å². The van der Waals surface area contributed by atoms with Gasteiger partial charge in [-0.05, 0) is 31.9 Å². The van der Waals surface area contributed by atoms with Crippen LogP contribution < -0.4 is 5.32 Å². The van der Waals surface area contributed by atoms with Crippen LogP contribution in [0.3, 0.4) is 0 Å².